The van der Waals surface area contributed by atoms with Gasteiger partial charge in [0.05, 0.1) is 4.90 Å². The SMILES string of the molecule is O=S(=O)(c1cccc(F)c1)C1NCCC1c1ccc(F)cc1. The Kier molecular flexibility index (Phi) is 3.97. The van der Waals surface area contributed by atoms with Crippen molar-refractivity contribution in [2.24, 2.45) is 0 Å². The zero-order valence-electron chi connectivity index (χ0n) is 11.7. The molecule has 2 atom stereocenters. The van der Waals surface area contributed by atoms with E-state index in [2.05, 4.69) is 5.32 Å². The van der Waals surface area contributed by atoms with Gasteiger partial charge in [-0.2, -0.15) is 0 Å². The third kappa shape index (κ3) is 2.76. The second kappa shape index (κ2) is 5.78. The molecule has 1 saturated heterocycles. The Morgan fingerprint density at radius 1 is 1.00 bits per heavy atom. The van der Waals surface area contributed by atoms with E-state index in [0.29, 0.717) is 13.0 Å². The van der Waals surface area contributed by atoms with Crippen LogP contribution in [-0.2, 0) is 9.84 Å². The Bertz CT molecular complexity index is 775. The maximum absolute atomic E-state index is 13.3. The van der Waals surface area contributed by atoms with Gasteiger partial charge in [0, 0.05) is 5.92 Å². The van der Waals surface area contributed by atoms with Gasteiger partial charge in [0.15, 0.2) is 9.84 Å². The van der Waals surface area contributed by atoms with Gasteiger partial charge in [-0.15, -0.1) is 0 Å². The standard InChI is InChI=1S/C16H15F2NO2S/c17-12-6-4-11(5-7-12)15-8-9-19-16(15)22(20,21)14-3-1-2-13(18)10-14/h1-7,10,15-16,19H,8-9H2. The average molecular weight is 323 g/mol. The van der Waals surface area contributed by atoms with Crippen LogP contribution in [0.5, 0.6) is 0 Å². The van der Waals surface area contributed by atoms with E-state index >= 15 is 0 Å². The summed E-state index contributed by atoms with van der Waals surface area (Å²) in [5, 5.41) is 2.14. The van der Waals surface area contributed by atoms with Crippen molar-refractivity contribution in [2.45, 2.75) is 22.6 Å². The minimum atomic E-state index is -3.71. The normalized spacial score (nSPS) is 21.9. The summed E-state index contributed by atoms with van der Waals surface area (Å²) in [5.74, 6) is -1.23. The third-order valence-electron chi connectivity index (χ3n) is 3.92. The summed E-state index contributed by atoms with van der Waals surface area (Å²) in [6.07, 6.45) is 0.630. The van der Waals surface area contributed by atoms with Crippen LogP contribution in [0.25, 0.3) is 0 Å². The van der Waals surface area contributed by atoms with Gasteiger partial charge < -0.3 is 5.32 Å². The monoisotopic (exact) mass is 323 g/mol. The van der Waals surface area contributed by atoms with Gasteiger partial charge in [-0.05, 0) is 48.9 Å². The van der Waals surface area contributed by atoms with Gasteiger partial charge in [0.25, 0.3) is 0 Å². The summed E-state index contributed by atoms with van der Waals surface area (Å²) in [5.41, 5.74) is 0.761. The Morgan fingerprint density at radius 2 is 1.73 bits per heavy atom. The first-order valence-corrected chi connectivity index (χ1v) is 8.51. The molecule has 0 saturated carbocycles. The molecule has 2 unspecified atom stereocenters. The molecule has 3 nitrogen and oxygen atoms in total. The third-order valence-corrected chi connectivity index (χ3v) is 6.00. The lowest BCUT2D eigenvalue weighted by atomic mass is 9.98. The van der Waals surface area contributed by atoms with Crippen LogP contribution in [0.15, 0.2) is 53.4 Å². The van der Waals surface area contributed by atoms with Crippen LogP contribution in [0.3, 0.4) is 0 Å². The van der Waals surface area contributed by atoms with Gasteiger partial charge in [-0.3, -0.25) is 0 Å². The first kappa shape index (κ1) is 15.1. The Balaban J connectivity index is 1.97. The van der Waals surface area contributed by atoms with Gasteiger partial charge in [-0.1, -0.05) is 18.2 Å². The van der Waals surface area contributed by atoms with E-state index in [1.807, 2.05) is 0 Å². The molecule has 1 aliphatic rings. The summed E-state index contributed by atoms with van der Waals surface area (Å²) in [6, 6.07) is 10.8. The van der Waals surface area contributed by atoms with E-state index in [4.69, 9.17) is 0 Å². The van der Waals surface area contributed by atoms with Crippen LogP contribution in [-0.4, -0.2) is 20.3 Å². The summed E-state index contributed by atoms with van der Waals surface area (Å²) < 4.78 is 51.8. The molecule has 0 bridgehead atoms. The molecule has 1 fully saturated rings. The minimum Gasteiger partial charge on any atom is -0.300 e. The van der Waals surface area contributed by atoms with E-state index in [9.17, 15) is 17.2 Å². The van der Waals surface area contributed by atoms with Gasteiger partial charge >= 0.3 is 0 Å². The quantitative estimate of drug-likeness (QED) is 0.945. The van der Waals surface area contributed by atoms with Gasteiger partial charge in [-0.25, -0.2) is 17.2 Å². The number of benzene rings is 2. The van der Waals surface area contributed by atoms with Crippen molar-refractivity contribution < 1.29 is 17.2 Å². The van der Waals surface area contributed by atoms with Crippen LogP contribution < -0.4 is 5.32 Å². The molecule has 0 spiro atoms. The van der Waals surface area contributed by atoms with Crippen LogP contribution in [0.2, 0.25) is 0 Å². The highest BCUT2D eigenvalue weighted by atomic mass is 32.2. The van der Waals surface area contributed by atoms with E-state index < -0.39 is 21.0 Å². The fraction of sp³-hybridized carbons (Fsp3) is 0.250. The van der Waals surface area contributed by atoms with E-state index in [1.165, 1.54) is 30.3 Å². The van der Waals surface area contributed by atoms with Crippen LogP contribution in [0, 0.1) is 11.6 Å². The molecular weight excluding hydrogens is 308 g/mol. The molecule has 1 heterocycles. The molecular formula is C16H15F2NO2S. The summed E-state index contributed by atoms with van der Waals surface area (Å²) >= 11 is 0. The van der Waals surface area contributed by atoms with Crippen molar-refractivity contribution in [1.29, 1.82) is 0 Å². The molecule has 1 aliphatic heterocycles. The van der Waals surface area contributed by atoms with Crippen LogP contribution >= 0.6 is 0 Å². The number of hydrogen-bond acceptors (Lipinski definition) is 3. The maximum atomic E-state index is 13.3. The van der Waals surface area contributed by atoms with Crippen molar-refractivity contribution in [3.05, 3.63) is 65.7 Å². The van der Waals surface area contributed by atoms with E-state index in [1.54, 1.807) is 12.1 Å². The zero-order chi connectivity index (χ0) is 15.7. The highest BCUT2D eigenvalue weighted by Gasteiger charge is 2.39. The van der Waals surface area contributed by atoms with Crippen molar-refractivity contribution in [3.8, 4) is 0 Å². The van der Waals surface area contributed by atoms with E-state index in [0.717, 1.165) is 11.6 Å². The maximum Gasteiger partial charge on any atom is 0.194 e. The molecule has 116 valence electrons. The van der Waals surface area contributed by atoms with Crippen molar-refractivity contribution >= 4 is 9.84 Å². The molecule has 1 N–H and O–H groups in total. The number of nitrogens with one attached hydrogen (secondary N) is 1. The minimum absolute atomic E-state index is 0.0426. The average Bonchev–Trinajstić information content (AvgIpc) is 2.98. The molecule has 2 aromatic rings. The van der Waals surface area contributed by atoms with Gasteiger partial charge in [0.2, 0.25) is 0 Å². The highest BCUT2D eigenvalue weighted by molar-refractivity contribution is 7.92. The number of rotatable bonds is 3. The fourth-order valence-electron chi connectivity index (χ4n) is 2.84. The lowest BCUT2D eigenvalue weighted by molar-refractivity contribution is 0.556. The second-order valence-corrected chi connectivity index (χ2v) is 7.39. The van der Waals surface area contributed by atoms with Crippen molar-refractivity contribution in [1.82, 2.24) is 5.32 Å². The summed E-state index contributed by atoms with van der Waals surface area (Å²) in [4.78, 5) is -0.0426. The zero-order valence-corrected chi connectivity index (χ0v) is 12.5. The summed E-state index contributed by atoms with van der Waals surface area (Å²) in [6.45, 7) is 0.543. The van der Waals surface area contributed by atoms with Gasteiger partial charge in [0.1, 0.15) is 17.0 Å². The van der Waals surface area contributed by atoms with Crippen LogP contribution in [0.4, 0.5) is 8.78 Å². The number of hydrogen-bond donors (Lipinski definition) is 1. The van der Waals surface area contributed by atoms with Crippen molar-refractivity contribution in [3.63, 3.8) is 0 Å². The first-order chi connectivity index (χ1) is 10.5. The van der Waals surface area contributed by atoms with Crippen LogP contribution in [0.1, 0.15) is 17.9 Å². The highest BCUT2D eigenvalue weighted by Crippen LogP contribution is 2.33. The molecule has 0 aliphatic carbocycles. The Morgan fingerprint density at radius 3 is 2.41 bits per heavy atom. The molecule has 22 heavy (non-hydrogen) atoms. The smallest absolute Gasteiger partial charge is 0.194 e. The topological polar surface area (TPSA) is 46.2 Å². The second-order valence-electron chi connectivity index (χ2n) is 5.32. The molecule has 3 rings (SSSR count). The lowest BCUT2D eigenvalue weighted by Gasteiger charge is -2.20. The van der Waals surface area contributed by atoms with Crippen molar-refractivity contribution in [2.75, 3.05) is 6.54 Å². The Hall–Kier alpha value is -1.79. The number of sulfone groups is 1. The summed E-state index contributed by atoms with van der Waals surface area (Å²) in [7, 11) is -3.71. The fourth-order valence-corrected chi connectivity index (χ4v) is 4.74. The van der Waals surface area contributed by atoms with E-state index in [-0.39, 0.29) is 16.6 Å². The lowest BCUT2D eigenvalue weighted by Crippen LogP contribution is -2.35. The Labute approximate surface area is 127 Å². The molecule has 2 aromatic carbocycles. The largest absolute Gasteiger partial charge is 0.300 e. The molecule has 0 aromatic heterocycles. The predicted molar refractivity (Wildman–Crippen MR) is 79.1 cm³/mol. The number of halogens is 2. The predicted octanol–water partition coefficient (Wildman–Crippen LogP) is 2.84. The molecule has 0 amide bonds. The molecule has 6 heteroatoms. The first-order valence-electron chi connectivity index (χ1n) is 6.97. The molecule has 0 radical (unpaired) electrons.